The zero-order chi connectivity index (χ0) is 22.9. The summed E-state index contributed by atoms with van der Waals surface area (Å²) >= 11 is 0. The van der Waals surface area contributed by atoms with Gasteiger partial charge in [-0.1, -0.05) is 24.3 Å². The fraction of sp³-hybridized carbons (Fsp3) is 0.250. The third kappa shape index (κ3) is 13.4. The maximum atomic E-state index is 9.75. The normalized spacial score (nSPS) is 11.3. The minimum Gasteiger partial charge on any atom is -0.418 e. The highest BCUT2D eigenvalue weighted by Gasteiger charge is 2.21. The molecule has 166 valence electrons. The van der Waals surface area contributed by atoms with Gasteiger partial charge in [0.2, 0.25) is 12.7 Å². The van der Waals surface area contributed by atoms with Crippen molar-refractivity contribution in [1.82, 2.24) is 9.13 Å². The first-order valence-corrected chi connectivity index (χ1v) is 8.53. The third-order valence-corrected chi connectivity index (χ3v) is 3.40. The Labute approximate surface area is 168 Å². The van der Waals surface area contributed by atoms with E-state index in [2.05, 4.69) is 80.0 Å². The summed E-state index contributed by atoms with van der Waals surface area (Å²) in [5.74, 6) is 0. The smallest absolute Gasteiger partial charge is 0.418 e. The van der Waals surface area contributed by atoms with Crippen LogP contribution in [0.3, 0.4) is 0 Å². The van der Waals surface area contributed by atoms with Crippen molar-refractivity contribution in [1.29, 1.82) is 0 Å². The lowest BCUT2D eigenvalue weighted by molar-refractivity contribution is -0.671. The quantitative estimate of drug-likeness (QED) is 0.334. The number of rotatable bonds is 4. The van der Waals surface area contributed by atoms with Crippen LogP contribution >= 0.6 is 0 Å². The minimum absolute atomic E-state index is 0.916. The Kier molecular flexibility index (Phi) is 9.12. The molecule has 0 atom stereocenters. The van der Waals surface area contributed by atoms with E-state index in [1.165, 1.54) is 11.1 Å². The van der Waals surface area contributed by atoms with Crippen molar-refractivity contribution in [3.8, 4) is 0 Å². The molecule has 0 radical (unpaired) electrons. The standard InChI is InChI=1S/C16H20N4.2BF4/c1-17-7-9-19(13-17)11-15-3-5-16(6-4-15)12-20-10-8-18(2)14-20;2*2-1(3,4)5/h3-10,13-14H,11-12H2,1-2H3;;/q+2;2*-1. The Morgan fingerprint density at radius 1 is 0.633 bits per heavy atom. The molecule has 0 unspecified atom stereocenters. The Hall–Kier alpha value is -2.79. The summed E-state index contributed by atoms with van der Waals surface area (Å²) in [7, 11) is -7.92. The third-order valence-electron chi connectivity index (χ3n) is 3.40. The monoisotopic (exact) mass is 442 g/mol. The molecule has 3 rings (SSSR count). The highest BCUT2D eigenvalue weighted by Crippen LogP contribution is 2.08. The van der Waals surface area contributed by atoms with Gasteiger partial charge in [0.25, 0.3) is 0 Å². The summed E-state index contributed by atoms with van der Waals surface area (Å²) in [6.07, 6.45) is 12.5. The van der Waals surface area contributed by atoms with Crippen LogP contribution < -0.4 is 9.13 Å². The molecule has 1 aromatic carbocycles. The van der Waals surface area contributed by atoms with Crippen molar-refractivity contribution in [2.24, 2.45) is 14.1 Å². The first-order chi connectivity index (χ1) is 13.7. The Morgan fingerprint density at radius 3 is 1.10 bits per heavy atom. The van der Waals surface area contributed by atoms with Crippen LogP contribution in [0, 0.1) is 0 Å². The predicted octanol–water partition coefficient (Wildman–Crippen LogP) is 3.64. The molecule has 2 aromatic heterocycles. The topological polar surface area (TPSA) is 17.6 Å². The van der Waals surface area contributed by atoms with Crippen LogP contribution in [0.4, 0.5) is 34.5 Å². The molecule has 2 heterocycles. The molecule has 0 spiro atoms. The number of halogens is 8. The largest absolute Gasteiger partial charge is 0.673 e. The Balaban J connectivity index is 0.000000378. The van der Waals surface area contributed by atoms with Crippen LogP contribution in [-0.2, 0) is 27.2 Å². The lowest BCUT2D eigenvalue weighted by Crippen LogP contribution is -2.23. The van der Waals surface area contributed by atoms with Crippen molar-refractivity contribution in [3.63, 3.8) is 0 Å². The summed E-state index contributed by atoms with van der Waals surface area (Å²) in [5, 5.41) is 0. The lowest BCUT2D eigenvalue weighted by atomic mass is 10.1. The first kappa shape index (κ1) is 25.2. The van der Waals surface area contributed by atoms with Crippen LogP contribution in [0.2, 0.25) is 0 Å². The summed E-state index contributed by atoms with van der Waals surface area (Å²) in [5.41, 5.74) is 2.64. The molecular formula is C16H20B2F8N4. The molecule has 3 aromatic rings. The molecule has 0 N–H and O–H groups in total. The second-order valence-corrected chi connectivity index (χ2v) is 6.31. The molecule has 0 bridgehead atoms. The molecule has 14 heteroatoms. The number of nitrogens with zero attached hydrogens (tertiary/aromatic N) is 4. The highest BCUT2D eigenvalue weighted by molar-refractivity contribution is 6.50. The summed E-state index contributed by atoms with van der Waals surface area (Å²) < 4.78 is 86.5. The van der Waals surface area contributed by atoms with Crippen LogP contribution in [0.15, 0.2) is 61.7 Å². The number of aromatic nitrogens is 4. The van der Waals surface area contributed by atoms with Gasteiger partial charge in [0.05, 0.1) is 14.1 Å². The van der Waals surface area contributed by atoms with E-state index in [1.54, 1.807) is 0 Å². The first-order valence-electron chi connectivity index (χ1n) is 8.53. The van der Waals surface area contributed by atoms with Crippen LogP contribution in [-0.4, -0.2) is 23.6 Å². The van der Waals surface area contributed by atoms with Crippen molar-refractivity contribution in [2.75, 3.05) is 0 Å². The van der Waals surface area contributed by atoms with Gasteiger partial charge in [0, 0.05) is 0 Å². The molecule has 30 heavy (non-hydrogen) atoms. The van der Waals surface area contributed by atoms with Gasteiger partial charge in [0.15, 0.2) is 0 Å². The van der Waals surface area contributed by atoms with E-state index in [0.29, 0.717) is 0 Å². The maximum absolute atomic E-state index is 9.75. The number of hydrogen-bond donors (Lipinski definition) is 0. The van der Waals surface area contributed by atoms with E-state index in [0.717, 1.165) is 13.1 Å². The highest BCUT2D eigenvalue weighted by atomic mass is 19.5. The van der Waals surface area contributed by atoms with Gasteiger partial charge in [-0.2, -0.15) is 0 Å². The van der Waals surface area contributed by atoms with Crippen LogP contribution in [0.25, 0.3) is 0 Å². The number of imidazole rings is 2. The molecule has 0 amide bonds. The lowest BCUT2D eigenvalue weighted by Gasteiger charge is -2.01. The molecule has 0 saturated heterocycles. The molecule has 0 fully saturated rings. The van der Waals surface area contributed by atoms with Crippen molar-refractivity contribution in [3.05, 3.63) is 72.8 Å². The fourth-order valence-electron chi connectivity index (χ4n) is 2.36. The molecule has 0 aliphatic carbocycles. The number of benzene rings is 1. The van der Waals surface area contributed by atoms with Gasteiger partial charge in [-0.05, 0) is 11.1 Å². The minimum atomic E-state index is -6.00. The second kappa shape index (κ2) is 10.8. The van der Waals surface area contributed by atoms with Gasteiger partial charge in [-0.15, -0.1) is 0 Å². The van der Waals surface area contributed by atoms with Crippen molar-refractivity contribution >= 4 is 14.5 Å². The van der Waals surface area contributed by atoms with E-state index < -0.39 is 14.5 Å². The average molecular weight is 442 g/mol. The fourth-order valence-corrected chi connectivity index (χ4v) is 2.36. The van der Waals surface area contributed by atoms with E-state index in [4.69, 9.17) is 0 Å². The summed E-state index contributed by atoms with van der Waals surface area (Å²) in [4.78, 5) is 0. The van der Waals surface area contributed by atoms with Crippen LogP contribution in [0.5, 0.6) is 0 Å². The average Bonchev–Trinajstić information content (AvgIpc) is 3.14. The van der Waals surface area contributed by atoms with E-state index in [1.807, 2.05) is 14.1 Å². The van der Waals surface area contributed by atoms with Crippen LogP contribution in [0.1, 0.15) is 11.1 Å². The van der Waals surface area contributed by atoms with Gasteiger partial charge in [-0.3, -0.25) is 0 Å². The second-order valence-electron chi connectivity index (χ2n) is 6.31. The molecule has 0 saturated carbocycles. The molecule has 0 aliphatic heterocycles. The zero-order valence-corrected chi connectivity index (χ0v) is 16.2. The van der Waals surface area contributed by atoms with Gasteiger partial charge >= 0.3 is 14.5 Å². The van der Waals surface area contributed by atoms with E-state index in [9.17, 15) is 34.5 Å². The molecular weight excluding hydrogens is 422 g/mol. The van der Waals surface area contributed by atoms with E-state index in [-0.39, 0.29) is 0 Å². The predicted molar refractivity (Wildman–Crippen MR) is 96.2 cm³/mol. The Bertz CT molecular complexity index is 803. The van der Waals surface area contributed by atoms with Crippen molar-refractivity contribution in [2.45, 2.75) is 13.1 Å². The van der Waals surface area contributed by atoms with Gasteiger partial charge in [-0.25, -0.2) is 18.3 Å². The molecule has 0 aliphatic rings. The van der Waals surface area contributed by atoms with Gasteiger partial charge in [0.1, 0.15) is 37.9 Å². The van der Waals surface area contributed by atoms with Gasteiger partial charge < -0.3 is 34.5 Å². The van der Waals surface area contributed by atoms with Crippen molar-refractivity contribution < 1.29 is 43.7 Å². The molecule has 4 nitrogen and oxygen atoms in total. The SMILES string of the molecule is C[n+]1ccn(Cc2ccc(Cn3cc[n+](C)c3)cc2)c1.F[B-](F)(F)F.F[B-](F)(F)F. The summed E-state index contributed by atoms with van der Waals surface area (Å²) in [6, 6.07) is 8.83. The van der Waals surface area contributed by atoms with E-state index >= 15 is 0 Å². The number of aryl methyl sites for hydroxylation is 2. The Morgan fingerprint density at radius 2 is 0.900 bits per heavy atom. The zero-order valence-electron chi connectivity index (χ0n) is 16.2. The number of hydrogen-bond acceptors (Lipinski definition) is 0. The summed E-state index contributed by atoms with van der Waals surface area (Å²) in [6.45, 7) is 1.83. The maximum Gasteiger partial charge on any atom is 0.673 e.